The van der Waals surface area contributed by atoms with Crippen LogP contribution in [-0.2, 0) is 6.61 Å². The summed E-state index contributed by atoms with van der Waals surface area (Å²) < 4.78 is 21.4. The number of hydrogen-bond acceptors (Lipinski definition) is 8. The van der Waals surface area contributed by atoms with Gasteiger partial charge in [0, 0.05) is 0 Å². The molecule has 0 unspecified atom stereocenters. The minimum Gasteiger partial charge on any atom is -0.504 e. The highest BCUT2D eigenvalue weighted by molar-refractivity contribution is 5.54. The minimum absolute atomic E-state index is 0.0714. The lowest BCUT2D eigenvalue weighted by molar-refractivity contribution is -0.00177. The second-order valence-electron chi connectivity index (χ2n) is 5.70. The van der Waals surface area contributed by atoms with Crippen molar-refractivity contribution < 1.29 is 39.4 Å². The lowest BCUT2D eigenvalue weighted by atomic mass is 10.0. The average Bonchev–Trinajstić information content (AvgIpc) is 2.71. The first-order valence-corrected chi connectivity index (χ1v) is 8.17. The molecule has 2 aromatic carbocycles. The van der Waals surface area contributed by atoms with Crippen LogP contribution >= 0.6 is 0 Å². The fourth-order valence-electron chi connectivity index (χ4n) is 2.59. The maximum absolute atomic E-state index is 10.6. The average molecular weight is 380 g/mol. The molecule has 0 bridgehead atoms. The van der Waals surface area contributed by atoms with Crippen LogP contribution in [0, 0.1) is 0 Å². The quantitative estimate of drug-likeness (QED) is 0.515. The van der Waals surface area contributed by atoms with Gasteiger partial charge in [-0.3, -0.25) is 0 Å². The second kappa shape index (κ2) is 9.31. The third kappa shape index (κ3) is 4.54. The first-order valence-electron chi connectivity index (χ1n) is 8.17. The van der Waals surface area contributed by atoms with Crippen molar-refractivity contribution in [2.75, 3.05) is 27.9 Å². The number of aromatic hydroxyl groups is 1. The largest absolute Gasteiger partial charge is 0.504 e. The minimum atomic E-state index is -1.23. The normalized spacial score (nSPS) is 13.0. The molecule has 0 amide bonds. The summed E-state index contributed by atoms with van der Waals surface area (Å²) in [5.41, 5.74) is 0.939. The number of phenolic OH excluding ortho intramolecular Hbond substituents is 1. The Morgan fingerprint density at radius 3 is 1.96 bits per heavy atom. The number of rotatable bonds is 9. The SMILES string of the molecule is COc1cc([C@H](O)[C@H](CO)Oc2c(OC)cc(CO)cc2OC)ccc1O. The number of benzene rings is 2. The van der Waals surface area contributed by atoms with E-state index >= 15 is 0 Å². The van der Waals surface area contributed by atoms with Crippen molar-refractivity contribution >= 4 is 0 Å². The molecule has 148 valence electrons. The Balaban J connectivity index is 2.36. The highest BCUT2D eigenvalue weighted by atomic mass is 16.6. The highest BCUT2D eigenvalue weighted by Gasteiger charge is 2.26. The first-order chi connectivity index (χ1) is 13.0. The van der Waals surface area contributed by atoms with E-state index in [0.717, 1.165) is 0 Å². The number of methoxy groups -OCH3 is 3. The van der Waals surface area contributed by atoms with Crippen LogP contribution in [0.3, 0.4) is 0 Å². The van der Waals surface area contributed by atoms with E-state index in [2.05, 4.69) is 0 Å². The molecular weight excluding hydrogens is 356 g/mol. The summed E-state index contributed by atoms with van der Waals surface area (Å²) in [6, 6.07) is 7.47. The Kier molecular flexibility index (Phi) is 7.12. The summed E-state index contributed by atoms with van der Waals surface area (Å²) in [5, 5.41) is 39.4. The van der Waals surface area contributed by atoms with E-state index in [-0.39, 0.29) is 35.4 Å². The molecule has 0 aliphatic carbocycles. The predicted molar refractivity (Wildman–Crippen MR) is 96.6 cm³/mol. The van der Waals surface area contributed by atoms with E-state index in [0.29, 0.717) is 11.1 Å². The van der Waals surface area contributed by atoms with Crippen molar-refractivity contribution in [2.45, 2.75) is 18.8 Å². The summed E-state index contributed by atoms with van der Waals surface area (Å²) in [6.07, 6.45) is -2.28. The van der Waals surface area contributed by atoms with Crippen LogP contribution in [0.5, 0.6) is 28.7 Å². The van der Waals surface area contributed by atoms with Gasteiger partial charge in [0.25, 0.3) is 0 Å². The van der Waals surface area contributed by atoms with Gasteiger partial charge in [-0.1, -0.05) is 6.07 Å². The van der Waals surface area contributed by atoms with Crippen molar-refractivity contribution in [3.63, 3.8) is 0 Å². The topological polar surface area (TPSA) is 118 Å². The van der Waals surface area contributed by atoms with Gasteiger partial charge in [0.2, 0.25) is 5.75 Å². The van der Waals surface area contributed by atoms with Crippen LogP contribution in [0.1, 0.15) is 17.2 Å². The van der Waals surface area contributed by atoms with Gasteiger partial charge in [-0.25, -0.2) is 0 Å². The molecule has 0 fully saturated rings. The lowest BCUT2D eigenvalue weighted by Crippen LogP contribution is -2.29. The van der Waals surface area contributed by atoms with E-state index in [1.165, 1.54) is 39.5 Å². The van der Waals surface area contributed by atoms with Gasteiger partial charge in [0.1, 0.15) is 6.10 Å². The van der Waals surface area contributed by atoms with E-state index in [1.54, 1.807) is 12.1 Å². The van der Waals surface area contributed by atoms with Gasteiger partial charge >= 0.3 is 0 Å². The Bertz CT molecular complexity index is 736. The van der Waals surface area contributed by atoms with E-state index < -0.39 is 18.8 Å². The molecule has 0 aliphatic rings. The third-order valence-corrected chi connectivity index (χ3v) is 4.05. The smallest absolute Gasteiger partial charge is 0.204 e. The highest BCUT2D eigenvalue weighted by Crippen LogP contribution is 2.40. The Morgan fingerprint density at radius 1 is 0.889 bits per heavy atom. The molecule has 0 aromatic heterocycles. The maximum Gasteiger partial charge on any atom is 0.204 e. The van der Waals surface area contributed by atoms with Crippen molar-refractivity contribution in [2.24, 2.45) is 0 Å². The van der Waals surface area contributed by atoms with Crippen molar-refractivity contribution in [3.8, 4) is 28.7 Å². The molecule has 2 aromatic rings. The molecule has 27 heavy (non-hydrogen) atoms. The molecular formula is C19H24O8. The fourth-order valence-corrected chi connectivity index (χ4v) is 2.59. The molecule has 2 atom stereocenters. The van der Waals surface area contributed by atoms with Crippen LogP contribution in [0.25, 0.3) is 0 Å². The van der Waals surface area contributed by atoms with Gasteiger partial charge in [0.15, 0.2) is 29.1 Å². The zero-order chi connectivity index (χ0) is 20.0. The Labute approximate surface area is 157 Å². The third-order valence-electron chi connectivity index (χ3n) is 4.05. The molecule has 4 N–H and O–H groups in total. The lowest BCUT2D eigenvalue weighted by Gasteiger charge is -2.25. The first kappa shape index (κ1) is 20.6. The monoisotopic (exact) mass is 380 g/mol. The molecule has 8 heteroatoms. The molecule has 0 saturated carbocycles. The summed E-state index contributed by atoms with van der Waals surface area (Å²) in [7, 11) is 4.25. The number of aliphatic hydroxyl groups excluding tert-OH is 3. The molecule has 0 spiro atoms. The van der Waals surface area contributed by atoms with Crippen LogP contribution in [0.2, 0.25) is 0 Å². The molecule has 0 aliphatic heterocycles. The predicted octanol–water partition coefficient (Wildman–Crippen LogP) is 1.38. The van der Waals surface area contributed by atoms with E-state index in [1.807, 2.05) is 0 Å². The number of hydrogen-bond donors (Lipinski definition) is 4. The number of ether oxygens (including phenoxy) is 4. The van der Waals surface area contributed by atoms with Crippen LogP contribution in [0.4, 0.5) is 0 Å². The zero-order valence-corrected chi connectivity index (χ0v) is 15.4. The van der Waals surface area contributed by atoms with Gasteiger partial charge in [-0.2, -0.15) is 0 Å². The maximum atomic E-state index is 10.6. The number of phenols is 1. The Morgan fingerprint density at radius 2 is 1.48 bits per heavy atom. The summed E-state index contributed by atoms with van der Waals surface area (Å²) >= 11 is 0. The molecule has 8 nitrogen and oxygen atoms in total. The molecule has 0 saturated heterocycles. The fraction of sp³-hybridized carbons (Fsp3) is 0.368. The van der Waals surface area contributed by atoms with E-state index in [4.69, 9.17) is 18.9 Å². The van der Waals surface area contributed by atoms with Crippen molar-refractivity contribution in [1.29, 1.82) is 0 Å². The molecule has 2 rings (SSSR count). The van der Waals surface area contributed by atoms with Gasteiger partial charge in [0.05, 0.1) is 34.5 Å². The summed E-state index contributed by atoms with van der Waals surface area (Å²) in [5.74, 6) is 0.865. The van der Waals surface area contributed by atoms with Gasteiger partial charge < -0.3 is 39.4 Å². The van der Waals surface area contributed by atoms with Crippen molar-refractivity contribution in [1.82, 2.24) is 0 Å². The zero-order valence-electron chi connectivity index (χ0n) is 15.4. The van der Waals surface area contributed by atoms with Gasteiger partial charge in [-0.05, 0) is 35.4 Å². The van der Waals surface area contributed by atoms with Crippen LogP contribution in [0.15, 0.2) is 30.3 Å². The van der Waals surface area contributed by atoms with E-state index in [9.17, 15) is 20.4 Å². The summed E-state index contributed by atoms with van der Waals surface area (Å²) in [4.78, 5) is 0. The van der Waals surface area contributed by atoms with Gasteiger partial charge in [-0.15, -0.1) is 0 Å². The number of aliphatic hydroxyl groups is 3. The van der Waals surface area contributed by atoms with Crippen LogP contribution in [-0.4, -0.2) is 54.5 Å². The standard InChI is InChI=1S/C19H24O8/c1-24-14-8-12(4-5-13(14)22)18(23)17(10-21)27-19-15(25-2)6-11(9-20)7-16(19)26-3/h4-8,17-18,20-23H,9-10H2,1-3H3/t17-,18-/m0/s1. The second-order valence-corrected chi connectivity index (χ2v) is 5.70. The van der Waals surface area contributed by atoms with Crippen molar-refractivity contribution in [3.05, 3.63) is 41.5 Å². The van der Waals surface area contributed by atoms with Crippen LogP contribution < -0.4 is 18.9 Å². The Hall–Kier alpha value is -2.68. The molecule has 0 heterocycles. The molecule has 0 radical (unpaired) electrons. The summed E-state index contributed by atoms with van der Waals surface area (Å²) in [6.45, 7) is -0.717.